The lowest BCUT2D eigenvalue weighted by molar-refractivity contribution is -0.107. The first-order chi connectivity index (χ1) is 9.77. The summed E-state index contributed by atoms with van der Waals surface area (Å²) in [6.45, 7) is 0.504. The van der Waals surface area contributed by atoms with Crippen LogP contribution < -0.4 is 4.74 Å². The van der Waals surface area contributed by atoms with Crippen LogP contribution in [0.3, 0.4) is 0 Å². The molecule has 2 nitrogen and oxygen atoms in total. The first-order valence-electron chi connectivity index (χ1n) is 6.40. The second-order valence-corrected chi connectivity index (χ2v) is 4.58. The Morgan fingerprint density at radius 2 is 1.75 bits per heavy atom. The van der Waals surface area contributed by atoms with Crippen molar-refractivity contribution in [2.24, 2.45) is 0 Å². The number of rotatable bonds is 6. The van der Waals surface area contributed by atoms with Gasteiger partial charge in [0.2, 0.25) is 5.24 Å². The van der Waals surface area contributed by atoms with Crippen LogP contribution in [0.15, 0.2) is 66.7 Å². The summed E-state index contributed by atoms with van der Waals surface area (Å²) in [5.41, 5.74) is 2.18. The summed E-state index contributed by atoms with van der Waals surface area (Å²) in [6.07, 6.45) is 3.69. The zero-order chi connectivity index (χ0) is 14.2. The molecule has 2 aromatic carbocycles. The number of hydrogen-bond acceptors (Lipinski definition) is 2. The van der Waals surface area contributed by atoms with Crippen LogP contribution in [0, 0.1) is 0 Å². The molecule has 0 radical (unpaired) electrons. The lowest BCUT2D eigenvalue weighted by Crippen LogP contribution is -1.97. The molecule has 3 heteroatoms. The highest BCUT2D eigenvalue weighted by atomic mass is 35.5. The Morgan fingerprint density at radius 3 is 2.50 bits per heavy atom. The van der Waals surface area contributed by atoms with Crippen molar-refractivity contribution < 1.29 is 9.53 Å². The fourth-order valence-electron chi connectivity index (χ4n) is 1.86. The van der Waals surface area contributed by atoms with E-state index in [9.17, 15) is 4.79 Å². The Labute approximate surface area is 123 Å². The summed E-state index contributed by atoms with van der Waals surface area (Å²) >= 11 is 5.21. The predicted octanol–water partition coefficient (Wildman–Crippen LogP) is 4.44. The summed E-state index contributed by atoms with van der Waals surface area (Å²) in [6, 6.07) is 18.0. The Morgan fingerprint density at radius 1 is 1.05 bits per heavy atom. The Balaban J connectivity index is 2.04. The highest BCUT2D eigenvalue weighted by Crippen LogP contribution is 2.29. The summed E-state index contributed by atoms with van der Waals surface area (Å²) in [5, 5.41) is -0.463. The van der Waals surface area contributed by atoms with Gasteiger partial charge in [0.1, 0.15) is 5.75 Å². The van der Waals surface area contributed by atoms with E-state index in [1.165, 1.54) is 6.08 Å². The highest BCUT2D eigenvalue weighted by molar-refractivity contribution is 6.66. The van der Waals surface area contributed by atoms with Crippen LogP contribution in [0.2, 0.25) is 0 Å². The number of halogens is 1. The maximum Gasteiger partial charge on any atom is 0.244 e. The molecule has 0 fully saturated rings. The Kier molecular flexibility index (Phi) is 5.39. The van der Waals surface area contributed by atoms with Gasteiger partial charge in [-0.05, 0) is 35.7 Å². The minimum absolute atomic E-state index is 0.463. The first-order valence-corrected chi connectivity index (χ1v) is 6.78. The third-order valence-electron chi connectivity index (χ3n) is 2.76. The van der Waals surface area contributed by atoms with Gasteiger partial charge in [-0.25, -0.2) is 0 Å². The second-order valence-electron chi connectivity index (χ2n) is 4.21. The molecular formula is C17H15ClO2. The van der Waals surface area contributed by atoms with Gasteiger partial charge in [0, 0.05) is 5.56 Å². The second kappa shape index (κ2) is 7.51. The molecule has 0 atom stereocenters. The average Bonchev–Trinajstić information content (AvgIpc) is 2.48. The van der Waals surface area contributed by atoms with E-state index >= 15 is 0 Å². The van der Waals surface area contributed by atoms with Crippen LogP contribution in [0.4, 0.5) is 0 Å². The number of carbonyl (C=O) groups is 1. The van der Waals surface area contributed by atoms with E-state index in [-0.39, 0.29) is 0 Å². The first kappa shape index (κ1) is 14.4. The van der Waals surface area contributed by atoms with Crippen molar-refractivity contribution in [2.75, 3.05) is 6.61 Å². The number of benzene rings is 2. The monoisotopic (exact) mass is 286 g/mol. The summed E-state index contributed by atoms with van der Waals surface area (Å²) in [4.78, 5) is 10.6. The molecule has 0 heterocycles. The van der Waals surface area contributed by atoms with Crippen LogP contribution in [-0.2, 0) is 4.79 Å². The van der Waals surface area contributed by atoms with Crippen molar-refractivity contribution in [3.63, 3.8) is 0 Å². The molecule has 102 valence electrons. The quantitative estimate of drug-likeness (QED) is 0.446. The lowest BCUT2D eigenvalue weighted by atomic mass is 10.1. The van der Waals surface area contributed by atoms with Crippen LogP contribution in [-0.4, -0.2) is 11.8 Å². The predicted molar refractivity (Wildman–Crippen MR) is 82.0 cm³/mol. The molecule has 0 saturated heterocycles. The molecule has 0 bridgehead atoms. The van der Waals surface area contributed by atoms with E-state index in [1.807, 2.05) is 54.6 Å². The standard InChI is InChI=1S/C17H15ClO2/c18-17(19)12-6-7-13-20-16-11-5-4-10-15(16)14-8-2-1-3-9-14/h1-6,8-12H,7,13H2. The molecule has 0 saturated carbocycles. The lowest BCUT2D eigenvalue weighted by Gasteiger charge is -2.10. The minimum atomic E-state index is -0.463. The van der Waals surface area contributed by atoms with Crippen molar-refractivity contribution in [2.45, 2.75) is 6.42 Å². The van der Waals surface area contributed by atoms with Crippen molar-refractivity contribution in [3.05, 3.63) is 66.7 Å². The molecule has 2 aromatic rings. The van der Waals surface area contributed by atoms with Gasteiger partial charge >= 0.3 is 0 Å². The van der Waals surface area contributed by atoms with Gasteiger partial charge in [-0.15, -0.1) is 0 Å². The van der Waals surface area contributed by atoms with E-state index in [4.69, 9.17) is 16.3 Å². The van der Waals surface area contributed by atoms with E-state index in [1.54, 1.807) is 6.08 Å². The Bertz CT molecular complexity index is 591. The van der Waals surface area contributed by atoms with Crippen molar-refractivity contribution >= 4 is 16.8 Å². The third-order valence-corrected chi connectivity index (χ3v) is 2.89. The maximum absolute atomic E-state index is 10.6. The highest BCUT2D eigenvalue weighted by Gasteiger charge is 2.04. The minimum Gasteiger partial charge on any atom is -0.493 e. The van der Waals surface area contributed by atoms with E-state index in [2.05, 4.69) is 0 Å². The number of para-hydroxylation sites is 1. The molecular weight excluding hydrogens is 272 g/mol. The molecule has 20 heavy (non-hydrogen) atoms. The van der Waals surface area contributed by atoms with E-state index < -0.39 is 5.24 Å². The van der Waals surface area contributed by atoms with Crippen molar-refractivity contribution in [3.8, 4) is 16.9 Å². The fourth-order valence-corrected chi connectivity index (χ4v) is 1.95. The van der Waals surface area contributed by atoms with Gasteiger partial charge in [-0.3, -0.25) is 4.79 Å². The number of carbonyl (C=O) groups excluding carboxylic acids is 1. The van der Waals surface area contributed by atoms with Gasteiger partial charge in [0.15, 0.2) is 0 Å². The number of allylic oxidation sites excluding steroid dienone is 1. The molecule has 0 aliphatic heterocycles. The van der Waals surface area contributed by atoms with Crippen LogP contribution in [0.25, 0.3) is 11.1 Å². The molecule has 0 aliphatic carbocycles. The van der Waals surface area contributed by atoms with Crippen LogP contribution in [0.5, 0.6) is 5.75 Å². The van der Waals surface area contributed by atoms with Crippen LogP contribution >= 0.6 is 11.6 Å². The zero-order valence-corrected chi connectivity index (χ0v) is 11.7. The van der Waals surface area contributed by atoms with Gasteiger partial charge < -0.3 is 4.74 Å². The number of hydrogen-bond donors (Lipinski definition) is 0. The summed E-state index contributed by atoms with van der Waals surface area (Å²) in [5.74, 6) is 0.837. The largest absolute Gasteiger partial charge is 0.493 e. The molecule has 2 rings (SSSR count). The van der Waals surface area contributed by atoms with E-state index in [0.29, 0.717) is 13.0 Å². The molecule has 0 amide bonds. The van der Waals surface area contributed by atoms with Gasteiger partial charge in [-0.2, -0.15) is 0 Å². The average molecular weight is 287 g/mol. The number of ether oxygens (including phenoxy) is 1. The smallest absolute Gasteiger partial charge is 0.244 e. The fraction of sp³-hybridized carbons (Fsp3) is 0.118. The van der Waals surface area contributed by atoms with Gasteiger partial charge in [0.05, 0.1) is 6.61 Å². The Hall–Kier alpha value is -2.06. The topological polar surface area (TPSA) is 26.3 Å². The SMILES string of the molecule is O=C(Cl)C=CCCOc1ccccc1-c1ccccc1. The normalized spacial score (nSPS) is 10.7. The molecule has 0 spiro atoms. The molecule has 0 aliphatic rings. The van der Waals surface area contributed by atoms with Crippen molar-refractivity contribution in [1.29, 1.82) is 0 Å². The molecule has 0 unspecified atom stereocenters. The zero-order valence-electron chi connectivity index (χ0n) is 11.0. The van der Waals surface area contributed by atoms with Gasteiger partial charge in [0.25, 0.3) is 0 Å². The summed E-state index contributed by atoms with van der Waals surface area (Å²) < 4.78 is 5.77. The molecule has 0 aromatic heterocycles. The maximum atomic E-state index is 10.6. The van der Waals surface area contributed by atoms with Crippen molar-refractivity contribution in [1.82, 2.24) is 0 Å². The van der Waals surface area contributed by atoms with Crippen LogP contribution in [0.1, 0.15) is 6.42 Å². The summed E-state index contributed by atoms with van der Waals surface area (Å²) in [7, 11) is 0. The van der Waals surface area contributed by atoms with Gasteiger partial charge in [-0.1, -0.05) is 54.6 Å². The third kappa shape index (κ3) is 4.25. The molecule has 0 N–H and O–H groups in total. The van der Waals surface area contributed by atoms with E-state index in [0.717, 1.165) is 16.9 Å².